The fraction of sp³-hybridized carbons (Fsp3) is 0.476. The molecule has 152 valence electrons. The normalized spacial score (nSPS) is 24.2. The maximum atomic E-state index is 10.3. The summed E-state index contributed by atoms with van der Waals surface area (Å²) in [7, 11) is 0. The molecular weight excluding hydrogens is 386 g/mol. The van der Waals surface area contributed by atoms with Crippen LogP contribution in [-0.4, -0.2) is 50.0 Å². The molecule has 0 amide bonds. The number of nitrogens with one attached hydrogen (secondary N) is 2. The molecule has 2 aromatic heterocycles. The monoisotopic (exact) mass is 411 g/mol. The minimum atomic E-state index is -0.809. The highest BCUT2D eigenvalue weighted by Gasteiger charge is 2.34. The molecule has 0 unspecified atom stereocenters. The molecule has 1 aromatic carbocycles. The molecule has 2 aliphatic carbocycles. The predicted molar refractivity (Wildman–Crippen MR) is 115 cm³/mol. The van der Waals surface area contributed by atoms with E-state index in [0.29, 0.717) is 30.5 Å². The lowest BCUT2D eigenvalue weighted by atomic mass is 10.1. The molecule has 0 radical (unpaired) electrons. The van der Waals surface area contributed by atoms with E-state index in [4.69, 9.17) is 9.97 Å². The number of aliphatic hydroxyl groups excluding tert-OH is 2. The van der Waals surface area contributed by atoms with E-state index in [0.717, 1.165) is 33.0 Å². The predicted octanol–water partition coefficient (Wildman–Crippen LogP) is 3.18. The number of thiazole rings is 1. The molecule has 2 aliphatic rings. The first-order valence-corrected chi connectivity index (χ1v) is 11.0. The van der Waals surface area contributed by atoms with Gasteiger partial charge in [-0.3, -0.25) is 0 Å². The Morgan fingerprint density at radius 2 is 1.90 bits per heavy atom. The third-order valence-corrected chi connectivity index (χ3v) is 6.80. The van der Waals surface area contributed by atoms with Gasteiger partial charge >= 0.3 is 0 Å². The van der Waals surface area contributed by atoms with Crippen molar-refractivity contribution in [3.63, 3.8) is 0 Å². The highest BCUT2D eigenvalue weighted by atomic mass is 32.1. The summed E-state index contributed by atoms with van der Waals surface area (Å²) in [6.07, 6.45) is 2.27. The van der Waals surface area contributed by atoms with Gasteiger partial charge in [0.15, 0.2) is 0 Å². The maximum absolute atomic E-state index is 10.3. The Labute approximate surface area is 173 Å². The summed E-state index contributed by atoms with van der Waals surface area (Å²) in [4.78, 5) is 14.2. The zero-order chi connectivity index (χ0) is 20.0. The molecule has 2 heterocycles. The number of anilines is 2. The zero-order valence-corrected chi connectivity index (χ0v) is 17.1. The van der Waals surface area contributed by atoms with Crippen LogP contribution in [0.1, 0.15) is 31.4 Å². The van der Waals surface area contributed by atoms with E-state index in [1.807, 2.05) is 25.1 Å². The topological polar surface area (TPSA) is 103 Å². The van der Waals surface area contributed by atoms with Crippen molar-refractivity contribution in [3.8, 4) is 10.6 Å². The van der Waals surface area contributed by atoms with Crippen molar-refractivity contribution < 1.29 is 10.2 Å². The molecule has 2 saturated carbocycles. The molecule has 0 bridgehead atoms. The molecule has 0 aliphatic heterocycles. The van der Waals surface area contributed by atoms with Crippen molar-refractivity contribution >= 4 is 33.3 Å². The van der Waals surface area contributed by atoms with E-state index >= 15 is 0 Å². The molecule has 3 atom stereocenters. The molecule has 4 N–H and O–H groups in total. The molecule has 8 heteroatoms. The van der Waals surface area contributed by atoms with E-state index in [1.165, 1.54) is 12.8 Å². The van der Waals surface area contributed by atoms with Crippen LogP contribution in [-0.2, 0) is 0 Å². The number of benzene rings is 1. The van der Waals surface area contributed by atoms with Gasteiger partial charge in [-0.1, -0.05) is 12.1 Å². The molecule has 2 fully saturated rings. The van der Waals surface area contributed by atoms with Crippen molar-refractivity contribution in [2.75, 3.05) is 17.2 Å². The second-order valence-corrected chi connectivity index (χ2v) is 9.08. The van der Waals surface area contributed by atoms with E-state index in [-0.39, 0.29) is 6.04 Å². The summed E-state index contributed by atoms with van der Waals surface area (Å²) in [5, 5.41) is 27.9. The third-order valence-electron chi connectivity index (χ3n) is 5.75. The first-order valence-electron chi connectivity index (χ1n) is 10.2. The van der Waals surface area contributed by atoms with Crippen LogP contribution < -0.4 is 10.6 Å². The third kappa shape index (κ3) is 3.80. The molecule has 0 saturated heterocycles. The number of para-hydroxylation sites is 1. The van der Waals surface area contributed by atoms with Crippen LogP contribution in [0.5, 0.6) is 0 Å². The van der Waals surface area contributed by atoms with Gasteiger partial charge in [-0.25, -0.2) is 9.97 Å². The lowest BCUT2D eigenvalue weighted by Gasteiger charge is -2.21. The van der Waals surface area contributed by atoms with E-state index < -0.39 is 12.2 Å². The number of nitrogens with zero attached hydrogens (tertiary/aromatic N) is 3. The summed E-state index contributed by atoms with van der Waals surface area (Å²) >= 11 is 1.61. The van der Waals surface area contributed by atoms with E-state index in [9.17, 15) is 10.2 Å². The lowest BCUT2D eigenvalue weighted by molar-refractivity contribution is 0.0391. The molecule has 0 spiro atoms. The molecule has 7 nitrogen and oxygen atoms in total. The minimum absolute atomic E-state index is 0.247. The Bertz CT molecular complexity index is 1000. The summed E-state index contributed by atoms with van der Waals surface area (Å²) in [6, 6.07) is 7.80. The van der Waals surface area contributed by atoms with Gasteiger partial charge in [0.2, 0.25) is 5.95 Å². The average Bonchev–Trinajstić information content (AvgIpc) is 3.37. The van der Waals surface area contributed by atoms with Crippen LogP contribution in [0.2, 0.25) is 0 Å². The number of rotatable bonds is 6. The average molecular weight is 412 g/mol. The van der Waals surface area contributed by atoms with Crippen LogP contribution in [0.25, 0.3) is 20.8 Å². The largest absolute Gasteiger partial charge is 0.390 e. The van der Waals surface area contributed by atoms with Crippen LogP contribution in [0.4, 0.5) is 11.8 Å². The fourth-order valence-electron chi connectivity index (χ4n) is 3.84. The summed E-state index contributed by atoms with van der Waals surface area (Å²) in [5.74, 6) is 1.97. The van der Waals surface area contributed by atoms with E-state index in [1.54, 1.807) is 11.3 Å². The van der Waals surface area contributed by atoms with E-state index in [2.05, 4.69) is 21.7 Å². The Morgan fingerprint density at radius 3 is 2.62 bits per heavy atom. The second-order valence-electron chi connectivity index (χ2n) is 8.05. The molecule has 3 aromatic rings. The second kappa shape index (κ2) is 7.51. The summed E-state index contributed by atoms with van der Waals surface area (Å²) in [5.41, 5.74) is 2.65. The Hall–Kier alpha value is -2.29. The van der Waals surface area contributed by atoms with Crippen LogP contribution in [0.15, 0.2) is 24.3 Å². The van der Waals surface area contributed by atoms with Gasteiger partial charge in [0.05, 0.1) is 39.7 Å². The quantitative estimate of drug-likeness (QED) is 0.494. The van der Waals surface area contributed by atoms with Crippen molar-refractivity contribution in [1.82, 2.24) is 15.0 Å². The maximum Gasteiger partial charge on any atom is 0.224 e. The number of aryl methyl sites for hydroxylation is 1. The fourth-order valence-corrected chi connectivity index (χ4v) is 4.91. The molecule has 29 heavy (non-hydrogen) atoms. The Balaban J connectivity index is 1.53. The SMILES string of the molecule is Cc1nc(NCC2CC2)nc(N[C@@H]2CC[C@@H](O)[C@H]2O)c1-c1nc2ccccc2s1. The smallest absolute Gasteiger partial charge is 0.224 e. The zero-order valence-electron chi connectivity index (χ0n) is 16.3. The summed E-state index contributed by atoms with van der Waals surface area (Å²) < 4.78 is 1.11. The highest BCUT2D eigenvalue weighted by molar-refractivity contribution is 7.21. The number of hydrogen-bond donors (Lipinski definition) is 4. The number of aromatic nitrogens is 3. The van der Waals surface area contributed by atoms with Crippen LogP contribution in [0, 0.1) is 12.8 Å². The van der Waals surface area contributed by atoms with Gasteiger partial charge in [0.1, 0.15) is 10.8 Å². The Kier molecular flexibility index (Phi) is 4.85. The minimum Gasteiger partial charge on any atom is -0.390 e. The van der Waals surface area contributed by atoms with Gasteiger partial charge in [0, 0.05) is 6.54 Å². The van der Waals surface area contributed by atoms with Crippen molar-refractivity contribution in [2.24, 2.45) is 5.92 Å². The summed E-state index contributed by atoms with van der Waals surface area (Å²) in [6.45, 7) is 2.85. The molecular formula is C21H25N5O2S. The standard InChI is InChI=1S/C21H25N5O2S/c1-11-17(20-25-13-4-2-3-5-16(13)29-20)19(24-14-8-9-15(27)18(14)28)26-21(23-11)22-10-12-6-7-12/h2-5,12,14-15,18,27-28H,6-10H2,1H3,(H2,22,23,24,26)/t14-,15-,18+/m1/s1. The van der Waals surface area contributed by atoms with Crippen molar-refractivity contribution in [3.05, 3.63) is 30.0 Å². The van der Waals surface area contributed by atoms with Gasteiger partial charge in [-0.15, -0.1) is 11.3 Å². The van der Waals surface area contributed by atoms with Gasteiger partial charge < -0.3 is 20.8 Å². The van der Waals surface area contributed by atoms with Crippen LogP contribution in [0.3, 0.4) is 0 Å². The number of aliphatic hydroxyl groups is 2. The first kappa shape index (κ1) is 18.7. The lowest BCUT2D eigenvalue weighted by Crippen LogP contribution is -2.34. The molecule has 5 rings (SSSR count). The first-order chi connectivity index (χ1) is 14.1. The Morgan fingerprint density at radius 1 is 1.07 bits per heavy atom. The van der Waals surface area contributed by atoms with Gasteiger partial charge in [-0.05, 0) is 50.7 Å². The van der Waals surface area contributed by atoms with Crippen LogP contribution >= 0.6 is 11.3 Å². The number of fused-ring (bicyclic) bond motifs is 1. The van der Waals surface area contributed by atoms with Crippen molar-refractivity contribution in [1.29, 1.82) is 0 Å². The highest BCUT2D eigenvalue weighted by Crippen LogP contribution is 2.37. The van der Waals surface area contributed by atoms with Gasteiger partial charge in [-0.2, -0.15) is 4.98 Å². The van der Waals surface area contributed by atoms with Gasteiger partial charge in [0.25, 0.3) is 0 Å². The number of hydrogen-bond acceptors (Lipinski definition) is 8. The van der Waals surface area contributed by atoms with Crippen molar-refractivity contribution in [2.45, 2.75) is 50.9 Å².